The number of benzene rings is 1. The molecule has 1 aromatic heterocycles. The smallest absolute Gasteiger partial charge is 0.131 e. The second kappa shape index (κ2) is 5.87. The summed E-state index contributed by atoms with van der Waals surface area (Å²) in [6, 6.07) is 3.86. The molecule has 1 nitrogen and oxygen atoms in total. The van der Waals surface area contributed by atoms with Crippen LogP contribution in [0.25, 0.3) is 0 Å². The van der Waals surface area contributed by atoms with Gasteiger partial charge < -0.3 is 5.32 Å². The molecule has 0 aliphatic carbocycles. The molecule has 1 N–H and O–H groups in total. The zero-order valence-electron chi connectivity index (χ0n) is 10.2. The van der Waals surface area contributed by atoms with Crippen molar-refractivity contribution in [2.75, 3.05) is 7.05 Å². The molecule has 1 atom stereocenters. The van der Waals surface area contributed by atoms with Gasteiger partial charge in [0.2, 0.25) is 0 Å². The Labute approximate surface area is 127 Å². The lowest BCUT2D eigenvalue weighted by Gasteiger charge is -2.16. The molecule has 1 unspecified atom stereocenters. The van der Waals surface area contributed by atoms with Crippen molar-refractivity contribution in [2.45, 2.75) is 13.0 Å². The molecule has 1 aromatic carbocycles. The first kappa shape index (κ1) is 14.9. The van der Waals surface area contributed by atoms with Gasteiger partial charge in [-0.25, -0.2) is 8.78 Å². The summed E-state index contributed by atoms with van der Waals surface area (Å²) in [6.07, 6.45) is 0. The van der Waals surface area contributed by atoms with Gasteiger partial charge in [0.1, 0.15) is 11.6 Å². The minimum absolute atomic E-state index is 0.354. The number of halogens is 4. The number of hydrogen-bond acceptors (Lipinski definition) is 2. The average molecular weight is 367 g/mol. The van der Waals surface area contributed by atoms with Crippen LogP contribution in [0, 0.1) is 18.6 Å². The van der Waals surface area contributed by atoms with Crippen molar-refractivity contribution in [2.24, 2.45) is 0 Å². The molecule has 0 fully saturated rings. The highest BCUT2D eigenvalue weighted by atomic mass is 79.9. The van der Waals surface area contributed by atoms with Crippen LogP contribution in [-0.4, -0.2) is 7.05 Å². The van der Waals surface area contributed by atoms with Gasteiger partial charge in [-0.3, -0.25) is 0 Å². The van der Waals surface area contributed by atoms with Crippen molar-refractivity contribution in [1.29, 1.82) is 0 Å². The van der Waals surface area contributed by atoms with Gasteiger partial charge in [0, 0.05) is 16.5 Å². The van der Waals surface area contributed by atoms with Crippen molar-refractivity contribution in [3.63, 3.8) is 0 Å². The van der Waals surface area contributed by atoms with Crippen LogP contribution in [0.2, 0.25) is 5.02 Å². The Balaban J connectivity index is 2.50. The van der Waals surface area contributed by atoms with Crippen molar-refractivity contribution in [3.8, 4) is 0 Å². The minimum atomic E-state index is -0.567. The van der Waals surface area contributed by atoms with Crippen LogP contribution in [0.3, 0.4) is 0 Å². The third kappa shape index (κ3) is 2.99. The third-order valence-corrected chi connectivity index (χ3v) is 5.37. The first-order chi connectivity index (χ1) is 8.93. The van der Waals surface area contributed by atoms with E-state index in [0.29, 0.717) is 16.1 Å². The van der Waals surface area contributed by atoms with Crippen molar-refractivity contribution in [3.05, 3.63) is 54.6 Å². The average Bonchev–Trinajstić information content (AvgIpc) is 2.67. The van der Waals surface area contributed by atoms with E-state index >= 15 is 0 Å². The van der Waals surface area contributed by atoms with Crippen LogP contribution in [0.15, 0.2) is 22.0 Å². The van der Waals surface area contributed by atoms with Crippen molar-refractivity contribution in [1.82, 2.24) is 5.32 Å². The summed E-state index contributed by atoms with van der Waals surface area (Å²) in [4.78, 5) is 0.865. The van der Waals surface area contributed by atoms with Gasteiger partial charge in [-0.2, -0.15) is 0 Å². The summed E-state index contributed by atoms with van der Waals surface area (Å²) in [5.41, 5.74) is 0.824. The molecule has 6 heteroatoms. The molecular formula is C13H11BrClF2NS. The Hall–Kier alpha value is -0.490. The maximum absolute atomic E-state index is 13.9. The number of rotatable bonds is 3. The fraction of sp³-hybridized carbons (Fsp3) is 0.231. The highest BCUT2D eigenvalue weighted by Crippen LogP contribution is 2.38. The van der Waals surface area contributed by atoms with Crippen LogP contribution in [0.4, 0.5) is 8.78 Å². The monoisotopic (exact) mass is 365 g/mol. The molecule has 102 valence electrons. The van der Waals surface area contributed by atoms with E-state index in [-0.39, 0.29) is 6.04 Å². The second-order valence-corrected chi connectivity index (χ2v) is 6.92. The summed E-state index contributed by atoms with van der Waals surface area (Å²) < 4.78 is 28.0. The number of nitrogens with one attached hydrogen (secondary N) is 1. The Bertz CT molecular complexity index is 595. The summed E-state index contributed by atoms with van der Waals surface area (Å²) in [5.74, 6) is -1.11. The predicted molar refractivity (Wildman–Crippen MR) is 79.0 cm³/mol. The lowest BCUT2D eigenvalue weighted by atomic mass is 10.0. The van der Waals surface area contributed by atoms with Gasteiger partial charge in [-0.1, -0.05) is 11.6 Å². The minimum Gasteiger partial charge on any atom is -0.309 e. The van der Waals surface area contributed by atoms with Gasteiger partial charge >= 0.3 is 0 Å². The highest BCUT2D eigenvalue weighted by Gasteiger charge is 2.21. The Kier molecular flexibility index (Phi) is 4.61. The fourth-order valence-corrected chi connectivity index (χ4v) is 3.73. The van der Waals surface area contributed by atoms with E-state index in [1.807, 2.05) is 0 Å². The molecule has 0 aliphatic rings. The molecule has 0 amide bonds. The number of aryl methyl sites for hydroxylation is 1. The van der Waals surface area contributed by atoms with Crippen LogP contribution in [0.1, 0.15) is 22.0 Å². The zero-order valence-corrected chi connectivity index (χ0v) is 13.4. The van der Waals surface area contributed by atoms with E-state index in [0.717, 1.165) is 14.7 Å². The van der Waals surface area contributed by atoms with Gasteiger partial charge in [0.15, 0.2) is 0 Å². The molecule has 0 spiro atoms. The maximum Gasteiger partial charge on any atom is 0.131 e. The van der Waals surface area contributed by atoms with E-state index in [4.69, 9.17) is 11.6 Å². The maximum atomic E-state index is 13.9. The van der Waals surface area contributed by atoms with Gasteiger partial charge in [0.25, 0.3) is 0 Å². The first-order valence-corrected chi connectivity index (χ1v) is 7.50. The van der Waals surface area contributed by atoms with E-state index < -0.39 is 11.6 Å². The summed E-state index contributed by atoms with van der Waals surface area (Å²) in [7, 11) is 1.73. The lowest BCUT2D eigenvalue weighted by Crippen LogP contribution is -2.18. The molecule has 0 aliphatic heterocycles. The lowest BCUT2D eigenvalue weighted by molar-refractivity contribution is 0.549. The summed E-state index contributed by atoms with van der Waals surface area (Å²) >= 11 is 10.8. The predicted octanol–water partition coefficient (Wildman–Crippen LogP) is 5.06. The Morgan fingerprint density at radius 2 is 1.95 bits per heavy atom. The zero-order chi connectivity index (χ0) is 14.2. The Morgan fingerprint density at radius 1 is 1.26 bits per heavy atom. The molecule has 1 heterocycles. The second-order valence-electron chi connectivity index (χ2n) is 4.12. The van der Waals surface area contributed by atoms with Gasteiger partial charge in [-0.05, 0) is 47.6 Å². The quantitative estimate of drug-likeness (QED) is 0.800. The van der Waals surface area contributed by atoms with Crippen LogP contribution >= 0.6 is 38.9 Å². The molecule has 0 radical (unpaired) electrons. The number of hydrogen-bond donors (Lipinski definition) is 1. The van der Waals surface area contributed by atoms with Crippen molar-refractivity contribution < 1.29 is 8.78 Å². The molecule has 2 rings (SSSR count). The molecule has 19 heavy (non-hydrogen) atoms. The summed E-state index contributed by atoms with van der Waals surface area (Å²) in [6.45, 7) is 1.61. The van der Waals surface area contributed by atoms with Gasteiger partial charge in [-0.15, -0.1) is 11.3 Å². The van der Waals surface area contributed by atoms with E-state index in [1.165, 1.54) is 17.4 Å². The fourth-order valence-electron chi connectivity index (χ4n) is 1.86. The largest absolute Gasteiger partial charge is 0.309 e. The molecule has 2 aromatic rings. The topological polar surface area (TPSA) is 12.0 Å². The molecular weight excluding hydrogens is 356 g/mol. The standard InChI is InChI=1S/C13H11BrClF2NS/c1-6-3-7(10(17)5-9(6)16)12(18-2)11-4-8(15)13(14)19-11/h3-5,12,18H,1-2H3. The molecule has 0 saturated carbocycles. The SMILES string of the molecule is CNC(c1cc(Cl)c(Br)s1)c1cc(C)c(F)cc1F. The van der Waals surface area contributed by atoms with E-state index in [1.54, 1.807) is 20.0 Å². The Morgan fingerprint density at radius 3 is 2.47 bits per heavy atom. The van der Waals surface area contributed by atoms with Gasteiger partial charge in [0.05, 0.1) is 14.9 Å². The van der Waals surface area contributed by atoms with Crippen LogP contribution < -0.4 is 5.32 Å². The van der Waals surface area contributed by atoms with E-state index in [9.17, 15) is 8.78 Å². The van der Waals surface area contributed by atoms with E-state index in [2.05, 4.69) is 21.2 Å². The first-order valence-electron chi connectivity index (χ1n) is 5.51. The van der Waals surface area contributed by atoms with Crippen molar-refractivity contribution >= 4 is 38.9 Å². The molecule has 0 saturated heterocycles. The normalized spacial score (nSPS) is 12.7. The molecule has 0 bridgehead atoms. The van der Waals surface area contributed by atoms with Crippen LogP contribution in [-0.2, 0) is 0 Å². The summed E-state index contributed by atoms with van der Waals surface area (Å²) in [5, 5.41) is 3.61. The third-order valence-electron chi connectivity index (χ3n) is 2.83. The number of thiophene rings is 1. The highest BCUT2D eigenvalue weighted by molar-refractivity contribution is 9.11. The van der Waals surface area contributed by atoms with Crippen LogP contribution in [0.5, 0.6) is 0 Å².